The number of ether oxygens (including phenoxy) is 1. The molecule has 0 saturated heterocycles. The molecule has 0 atom stereocenters. The van der Waals surface area contributed by atoms with Crippen molar-refractivity contribution >= 4 is 11.8 Å². The van der Waals surface area contributed by atoms with Gasteiger partial charge in [0.1, 0.15) is 6.54 Å². The topological polar surface area (TPSA) is 122 Å². The van der Waals surface area contributed by atoms with Gasteiger partial charge in [-0.1, -0.05) is 74.0 Å². The second-order valence-corrected chi connectivity index (χ2v) is 12.2. The van der Waals surface area contributed by atoms with Crippen LogP contribution in [0.4, 0.5) is 0 Å². The van der Waals surface area contributed by atoms with E-state index in [9.17, 15) is 19.2 Å². The van der Waals surface area contributed by atoms with E-state index in [1.165, 1.54) is 11.1 Å². The van der Waals surface area contributed by atoms with Crippen LogP contribution in [-0.4, -0.2) is 40.1 Å². The zero-order chi connectivity index (χ0) is 30.9. The molecule has 2 amide bonds. The number of carbonyl (C=O) groups excluding carboxylic acids is 2. The van der Waals surface area contributed by atoms with E-state index in [1.54, 1.807) is 0 Å². The summed E-state index contributed by atoms with van der Waals surface area (Å²) in [5, 5.41) is 6.01. The van der Waals surface area contributed by atoms with E-state index in [-0.39, 0.29) is 30.1 Å². The third kappa shape index (κ3) is 7.87. The van der Waals surface area contributed by atoms with E-state index < -0.39 is 29.6 Å². The number of benzene rings is 2. The van der Waals surface area contributed by atoms with E-state index in [0.29, 0.717) is 18.3 Å². The van der Waals surface area contributed by atoms with Crippen LogP contribution in [0, 0.1) is 0 Å². The Morgan fingerprint density at radius 1 is 0.795 bits per heavy atom. The maximum Gasteiger partial charge on any atom is 0.329 e. The average Bonchev–Trinajstić information content (AvgIpc) is 3.05. The van der Waals surface area contributed by atoms with Crippen LogP contribution in [0.5, 0.6) is 5.75 Å². The minimum Gasteiger partial charge on any atom is -0.486 e. The molecule has 1 heterocycles. The van der Waals surface area contributed by atoms with Crippen LogP contribution in [0.1, 0.15) is 105 Å². The van der Waals surface area contributed by atoms with Crippen molar-refractivity contribution in [2.75, 3.05) is 6.61 Å². The van der Waals surface area contributed by atoms with Gasteiger partial charge in [0.05, 0.1) is 6.61 Å². The lowest BCUT2D eigenvalue weighted by atomic mass is 9.82. The molecule has 0 spiro atoms. The Morgan fingerprint density at radius 3 is 1.84 bits per heavy atom. The van der Waals surface area contributed by atoms with E-state index in [1.807, 2.05) is 43.3 Å². The van der Waals surface area contributed by atoms with Crippen LogP contribution in [0.2, 0.25) is 0 Å². The zero-order valence-electron chi connectivity index (χ0n) is 25.6. The van der Waals surface area contributed by atoms with Crippen molar-refractivity contribution in [1.29, 1.82) is 0 Å². The van der Waals surface area contributed by atoms with Crippen molar-refractivity contribution in [3.8, 4) is 5.75 Å². The molecule has 9 heteroatoms. The maximum absolute atomic E-state index is 13.5. The molecule has 234 valence electrons. The van der Waals surface area contributed by atoms with Crippen molar-refractivity contribution in [2.24, 2.45) is 0 Å². The fourth-order valence-corrected chi connectivity index (χ4v) is 6.58. The molecule has 3 aromatic rings. The number of hydrogen-bond donors (Lipinski definition) is 3. The van der Waals surface area contributed by atoms with Gasteiger partial charge in [-0.2, -0.15) is 0 Å². The molecule has 2 fully saturated rings. The number of unbranched alkanes of at least 4 members (excludes halogenated alkanes) is 1. The summed E-state index contributed by atoms with van der Waals surface area (Å²) in [6.07, 6.45) is 8.56. The lowest BCUT2D eigenvalue weighted by Crippen LogP contribution is -2.46. The Labute approximate surface area is 258 Å². The van der Waals surface area contributed by atoms with Crippen LogP contribution in [-0.2, 0) is 11.3 Å². The molecule has 2 aromatic carbocycles. The van der Waals surface area contributed by atoms with Gasteiger partial charge < -0.3 is 15.4 Å². The van der Waals surface area contributed by atoms with Gasteiger partial charge in [-0.3, -0.25) is 19.4 Å². The lowest BCUT2D eigenvalue weighted by Gasteiger charge is -2.29. The molecule has 2 aliphatic rings. The second-order valence-electron chi connectivity index (χ2n) is 12.2. The van der Waals surface area contributed by atoms with Gasteiger partial charge in [0.2, 0.25) is 11.7 Å². The number of amides is 2. The number of nitrogens with one attached hydrogen (secondary N) is 3. The molecule has 1 aromatic heterocycles. The maximum atomic E-state index is 13.5. The van der Waals surface area contributed by atoms with Gasteiger partial charge in [-0.05, 0) is 80.8 Å². The predicted molar refractivity (Wildman–Crippen MR) is 170 cm³/mol. The molecular weight excluding hydrogens is 556 g/mol. The molecule has 44 heavy (non-hydrogen) atoms. The molecule has 0 unspecified atom stereocenters. The van der Waals surface area contributed by atoms with Crippen molar-refractivity contribution in [2.45, 2.75) is 102 Å². The molecule has 2 aliphatic carbocycles. The molecule has 3 N–H and O–H groups in total. The van der Waals surface area contributed by atoms with E-state index in [4.69, 9.17) is 4.74 Å². The SMILES string of the molecule is CCCCOc1c(C(=O)N[C@H]2CC[C@@H](c3ccccc3)CC2)[nH]c(=O)n(CC(=O)N[C@H]2CC[C@@H](c3ccccc3)CC2)c1=O. The number of carbonyl (C=O) groups is 2. The number of nitrogens with zero attached hydrogens (tertiary/aromatic N) is 1. The van der Waals surface area contributed by atoms with Crippen LogP contribution >= 0.6 is 0 Å². The van der Waals surface area contributed by atoms with E-state index >= 15 is 0 Å². The summed E-state index contributed by atoms with van der Waals surface area (Å²) in [5.41, 5.74) is 0.859. The van der Waals surface area contributed by atoms with Gasteiger partial charge >= 0.3 is 5.69 Å². The normalized spacial score (nSPS) is 21.8. The standard InChI is InChI=1S/C35H44N4O5/c1-2-3-22-44-32-31(33(41)37-29-20-16-27(17-21-29)25-12-8-5-9-13-25)38-35(43)39(34(32)42)23-30(40)36-28-18-14-26(15-19-28)24-10-6-4-7-11-24/h4-13,26-29H,2-3,14-23H2,1H3,(H,36,40)(H,37,41)(H,38,43)/t26-,27-,28+,29+. The summed E-state index contributed by atoms with van der Waals surface area (Å²) in [6.45, 7) is 1.77. The molecule has 0 bridgehead atoms. The highest BCUT2D eigenvalue weighted by molar-refractivity contribution is 5.95. The molecule has 9 nitrogen and oxygen atoms in total. The largest absolute Gasteiger partial charge is 0.486 e. The number of aromatic nitrogens is 2. The first kappa shape index (κ1) is 31.3. The zero-order valence-corrected chi connectivity index (χ0v) is 25.6. The summed E-state index contributed by atoms with van der Waals surface area (Å²) < 4.78 is 6.61. The van der Waals surface area contributed by atoms with Crippen molar-refractivity contribution in [1.82, 2.24) is 20.2 Å². The van der Waals surface area contributed by atoms with Gasteiger partial charge in [0.15, 0.2) is 5.69 Å². The highest BCUT2D eigenvalue weighted by Crippen LogP contribution is 2.33. The fraction of sp³-hybridized carbons (Fsp3) is 0.486. The Hall–Kier alpha value is -4.14. The van der Waals surface area contributed by atoms with Gasteiger partial charge in [0, 0.05) is 12.1 Å². The monoisotopic (exact) mass is 600 g/mol. The summed E-state index contributed by atoms with van der Waals surface area (Å²) in [5.74, 6) is -0.251. The third-order valence-corrected chi connectivity index (χ3v) is 9.11. The quantitative estimate of drug-likeness (QED) is 0.267. The first-order valence-corrected chi connectivity index (χ1v) is 16.1. The Morgan fingerprint density at radius 2 is 1.32 bits per heavy atom. The van der Waals surface area contributed by atoms with E-state index in [0.717, 1.165) is 62.4 Å². The van der Waals surface area contributed by atoms with Crippen molar-refractivity contribution in [3.63, 3.8) is 0 Å². The minimum atomic E-state index is -0.807. The van der Waals surface area contributed by atoms with Crippen LogP contribution in [0.3, 0.4) is 0 Å². The number of H-pyrrole nitrogens is 1. The molecule has 2 saturated carbocycles. The first-order valence-electron chi connectivity index (χ1n) is 16.1. The molecule has 0 radical (unpaired) electrons. The Kier molecular flexibility index (Phi) is 10.7. The predicted octanol–water partition coefficient (Wildman–Crippen LogP) is 5.01. The highest BCUT2D eigenvalue weighted by atomic mass is 16.5. The van der Waals surface area contributed by atoms with Gasteiger partial charge in [-0.15, -0.1) is 0 Å². The number of rotatable bonds is 11. The summed E-state index contributed by atoms with van der Waals surface area (Å²) in [4.78, 5) is 55.4. The van der Waals surface area contributed by atoms with Crippen LogP contribution in [0.15, 0.2) is 70.3 Å². The molecule has 0 aliphatic heterocycles. The highest BCUT2D eigenvalue weighted by Gasteiger charge is 2.28. The number of hydrogen-bond acceptors (Lipinski definition) is 5. The van der Waals surface area contributed by atoms with Crippen molar-refractivity contribution < 1.29 is 14.3 Å². The van der Waals surface area contributed by atoms with Crippen LogP contribution < -0.4 is 26.6 Å². The van der Waals surface area contributed by atoms with Gasteiger partial charge in [-0.25, -0.2) is 9.36 Å². The third-order valence-electron chi connectivity index (χ3n) is 9.11. The van der Waals surface area contributed by atoms with E-state index in [2.05, 4.69) is 39.9 Å². The smallest absolute Gasteiger partial charge is 0.329 e. The second kappa shape index (κ2) is 15.0. The summed E-state index contributed by atoms with van der Waals surface area (Å²) in [7, 11) is 0. The number of aromatic amines is 1. The van der Waals surface area contributed by atoms with Crippen molar-refractivity contribution in [3.05, 3.63) is 98.3 Å². The van der Waals surface area contributed by atoms with Gasteiger partial charge in [0.25, 0.3) is 11.5 Å². The summed E-state index contributed by atoms with van der Waals surface area (Å²) in [6, 6.07) is 20.7. The molecule has 5 rings (SSSR count). The minimum absolute atomic E-state index is 0.0143. The fourth-order valence-electron chi connectivity index (χ4n) is 6.58. The first-order chi connectivity index (χ1) is 21.4. The lowest BCUT2D eigenvalue weighted by molar-refractivity contribution is -0.122. The Bertz CT molecular complexity index is 1500. The average molecular weight is 601 g/mol. The summed E-state index contributed by atoms with van der Waals surface area (Å²) >= 11 is 0. The Balaban J connectivity index is 1.22. The molecular formula is C35H44N4O5. The van der Waals surface area contributed by atoms with Crippen LogP contribution in [0.25, 0.3) is 0 Å².